The molecule has 2 rings (SSSR count). The van der Waals surface area contributed by atoms with Crippen LogP contribution in [0, 0.1) is 11.3 Å². The molecule has 0 spiro atoms. The van der Waals surface area contributed by atoms with Crippen molar-refractivity contribution in [1.82, 2.24) is 0 Å². The minimum atomic E-state index is -2.59. The van der Waals surface area contributed by atoms with Gasteiger partial charge in [-0.1, -0.05) is 18.2 Å². The normalized spacial score (nSPS) is 23.6. The summed E-state index contributed by atoms with van der Waals surface area (Å²) in [6.07, 6.45) is -0.119. The van der Waals surface area contributed by atoms with Gasteiger partial charge in [0.25, 0.3) is 5.92 Å². The fourth-order valence-corrected chi connectivity index (χ4v) is 1.45. The van der Waals surface area contributed by atoms with Crippen LogP contribution in [0.5, 0.6) is 0 Å². The van der Waals surface area contributed by atoms with Crippen LogP contribution in [-0.4, -0.2) is 5.92 Å². The van der Waals surface area contributed by atoms with E-state index in [9.17, 15) is 8.78 Å². The van der Waals surface area contributed by atoms with Crippen molar-refractivity contribution in [2.45, 2.75) is 18.3 Å². The van der Waals surface area contributed by atoms with E-state index in [-0.39, 0.29) is 6.42 Å². The summed E-state index contributed by atoms with van der Waals surface area (Å²) in [6, 6.07) is 8.46. The summed E-state index contributed by atoms with van der Waals surface area (Å²) in [7, 11) is 0. The molecule has 1 unspecified atom stereocenters. The fraction of sp³-hybridized carbons (Fsp3) is 0.300. The first-order valence-electron chi connectivity index (χ1n) is 4.02. The molecule has 0 radical (unpaired) electrons. The topological polar surface area (TPSA) is 23.8 Å². The highest BCUT2D eigenvalue weighted by molar-refractivity contribution is 5.43. The van der Waals surface area contributed by atoms with Crippen molar-refractivity contribution in [2.24, 2.45) is 0 Å². The second-order valence-electron chi connectivity index (χ2n) is 3.22. The highest BCUT2D eigenvalue weighted by Crippen LogP contribution is 2.56. The number of nitriles is 1. The van der Waals surface area contributed by atoms with E-state index in [0.717, 1.165) is 0 Å². The number of rotatable bonds is 1. The zero-order chi connectivity index (χ0) is 9.47. The summed E-state index contributed by atoms with van der Waals surface area (Å²) in [5, 5.41) is 8.67. The molecule has 0 saturated heterocycles. The van der Waals surface area contributed by atoms with Crippen molar-refractivity contribution in [2.75, 3.05) is 0 Å². The molecule has 0 heterocycles. The largest absolute Gasteiger partial charge is 0.255 e. The number of benzene rings is 1. The predicted octanol–water partition coefficient (Wildman–Crippen LogP) is 2.68. The molecule has 3 heteroatoms. The van der Waals surface area contributed by atoms with E-state index in [1.54, 1.807) is 24.3 Å². The second-order valence-corrected chi connectivity index (χ2v) is 3.22. The van der Waals surface area contributed by atoms with E-state index in [1.165, 1.54) is 0 Å². The van der Waals surface area contributed by atoms with E-state index in [4.69, 9.17) is 5.26 Å². The van der Waals surface area contributed by atoms with Gasteiger partial charge in [-0.25, -0.2) is 8.78 Å². The number of halogens is 2. The Labute approximate surface area is 74.6 Å². The maximum absolute atomic E-state index is 12.7. The zero-order valence-electron chi connectivity index (χ0n) is 6.80. The van der Waals surface area contributed by atoms with Gasteiger partial charge in [0.2, 0.25) is 0 Å². The van der Waals surface area contributed by atoms with E-state index in [0.29, 0.717) is 11.1 Å². The van der Waals surface area contributed by atoms with E-state index < -0.39 is 11.8 Å². The molecule has 1 aliphatic rings. The zero-order valence-corrected chi connectivity index (χ0v) is 6.80. The van der Waals surface area contributed by atoms with E-state index >= 15 is 0 Å². The Morgan fingerprint density at radius 3 is 2.54 bits per heavy atom. The Morgan fingerprint density at radius 1 is 1.38 bits per heavy atom. The summed E-state index contributed by atoms with van der Waals surface area (Å²) in [5.74, 6) is -3.32. The number of hydrogen-bond donors (Lipinski definition) is 0. The molecular formula is C10H7F2N. The average Bonchev–Trinajstić information content (AvgIpc) is 2.75. The molecule has 1 aliphatic carbocycles. The molecule has 0 bridgehead atoms. The lowest BCUT2D eigenvalue weighted by atomic mass is 10.0. The van der Waals surface area contributed by atoms with Crippen LogP contribution in [0.25, 0.3) is 0 Å². The van der Waals surface area contributed by atoms with Crippen molar-refractivity contribution in [3.8, 4) is 6.07 Å². The van der Waals surface area contributed by atoms with Gasteiger partial charge in [-0.05, 0) is 11.6 Å². The monoisotopic (exact) mass is 179 g/mol. The van der Waals surface area contributed by atoms with Gasteiger partial charge in [0.1, 0.15) is 0 Å². The first kappa shape index (κ1) is 8.18. The van der Waals surface area contributed by atoms with Crippen molar-refractivity contribution >= 4 is 0 Å². The first-order chi connectivity index (χ1) is 6.15. The summed E-state index contributed by atoms with van der Waals surface area (Å²) >= 11 is 0. The van der Waals surface area contributed by atoms with Crippen molar-refractivity contribution in [3.05, 3.63) is 35.4 Å². The van der Waals surface area contributed by atoms with Gasteiger partial charge >= 0.3 is 0 Å². The fourth-order valence-electron chi connectivity index (χ4n) is 1.45. The number of alkyl halides is 2. The predicted molar refractivity (Wildman–Crippen MR) is 43.5 cm³/mol. The molecule has 1 saturated carbocycles. The van der Waals surface area contributed by atoms with Crippen molar-refractivity contribution < 1.29 is 8.78 Å². The van der Waals surface area contributed by atoms with Gasteiger partial charge < -0.3 is 0 Å². The highest BCUT2D eigenvalue weighted by atomic mass is 19.3. The van der Waals surface area contributed by atoms with E-state index in [2.05, 4.69) is 0 Å². The molecule has 1 atom stereocenters. The Kier molecular flexibility index (Phi) is 1.59. The van der Waals surface area contributed by atoms with Crippen LogP contribution in [0.3, 0.4) is 0 Å². The summed E-state index contributed by atoms with van der Waals surface area (Å²) < 4.78 is 25.4. The molecule has 1 nitrogen and oxygen atoms in total. The Bertz CT molecular complexity index is 379. The highest BCUT2D eigenvalue weighted by Gasteiger charge is 2.58. The molecular weight excluding hydrogens is 172 g/mol. The van der Waals surface area contributed by atoms with Gasteiger partial charge in [-0.2, -0.15) is 5.26 Å². The molecule has 1 aromatic rings. The minimum absolute atomic E-state index is 0.119. The van der Waals surface area contributed by atoms with Gasteiger partial charge in [0.05, 0.1) is 17.6 Å². The summed E-state index contributed by atoms with van der Waals surface area (Å²) in [5.41, 5.74) is 0.847. The van der Waals surface area contributed by atoms with Crippen LogP contribution in [0.2, 0.25) is 0 Å². The molecule has 1 fully saturated rings. The molecule has 1 aromatic carbocycles. The van der Waals surface area contributed by atoms with Crippen molar-refractivity contribution in [1.29, 1.82) is 5.26 Å². The average molecular weight is 179 g/mol. The first-order valence-corrected chi connectivity index (χ1v) is 4.02. The lowest BCUT2D eigenvalue weighted by molar-refractivity contribution is 0.112. The second kappa shape index (κ2) is 2.53. The molecule has 0 aliphatic heterocycles. The third kappa shape index (κ3) is 1.29. The lowest BCUT2D eigenvalue weighted by Crippen LogP contribution is -1.95. The van der Waals surface area contributed by atoms with Crippen LogP contribution in [0.4, 0.5) is 8.78 Å². The quantitative estimate of drug-likeness (QED) is 0.650. The Morgan fingerprint density at radius 2 is 2.00 bits per heavy atom. The van der Waals surface area contributed by atoms with Gasteiger partial charge in [-0.15, -0.1) is 0 Å². The molecule has 0 amide bonds. The van der Waals surface area contributed by atoms with Gasteiger partial charge in [-0.3, -0.25) is 0 Å². The molecule has 0 N–H and O–H groups in total. The van der Waals surface area contributed by atoms with E-state index in [1.807, 2.05) is 6.07 Å². The van der Waals surface area contributed by atoms with Crippen LogP contribution >= 0.6 is 0 Å². The van der Waals surface area contributed by atoms with Crippen LogP contribution in [0.15, 0.2) is 24.3 Å². The van der Waals surface area contributed by atoms with Crippen molar-refractivity contribution in [3.63, 3.8) is 0 Å². The van der Waals surface area contributed by atoms with Gasteiger partial charge in [0.15, 0.2) is 0 Å². The third-order valence-electron chi connectivity index (χ3n) is 2.28. The molecule has 13 heavy (non-hydrogen) atoms. The Hall–Kier alpha value is -1.43. The third-order valence-corrected chi connectivity index (χ3v) is 2.28. The Balaban J connectivity index is 2.38. The number of nitrogens with zero attached hydrogens (tertiary/aromatic N) is 1. The maximum Gasteiger partial charge on any atom is 0.255 e. The molecule has 66 valence electrons. The lowest BCUT2D eigenvalue weighted by Gasteiger charge is -2.00. The van der Waals surface area contributed by atoms with Crippen LogP contribution in [-0.2, 0) is 0 Å². The van der Waals surface area contributed by atoms with Crippen LogP contribution in [0.1, 0.15) is 23.5 Å². The molecule has 0 aromatic heterocycles. The van der Waals surface area contributed by atoms with Crippen LogP contribution < -0.4 is 0 Å². The number of hydrogen-bond acceptors (Lipinski definition) is 1. The summed E-state index contributed by atoms with van der Waals surface area (Å²) in [4.78, 5) is 0. The van der Waals surface area contributed by atoms with Gasteiger partial charge in [0, 0.05) is 6.42 Å². The smallest absolute Gasteiger partial charge is 0.206 e. The standard InChI is InChI=1S/C10H7F2N/c11-10(12)5-9(10)8-4-2-1-3-7(8)6-13/h1-4,9H,5H2. The summed E-state index contributed by atoms with van der Waals surface area (Å²) in [6.45, 7) is 0. The SMILES string of the molecule is N#Cc1ccccc1C1CC1(F)F. The minimum Gasteiger partial charge on any atom is -0.206 e. The maximum atomic E-state index is 12.7.